The molecule has 0 radical (unpaired) electrons. The van der Waals surface area contributed by atoms with E-state index in [0.717, 1.165) is 12.1 Å². The van der Waals surface area contributed by atoms with Gasteiger partial charge in [-0.15, -0.1) is 0 Å². The molecule has 0 bridgehead atoms. The number of likely N-dealkylation sites (tertiary alicyclic amines) is 1. The van der Waals surface area contributed by atoms with Crippen LogP contribution in [0.25, 0.3) is 0 Å². The maximum absolute atomic E-state index is 12.7. The molecule has 0 unspecified atom stereocenters. The first-order valence-electron chi connectivity index (χ1n) is 8.81. The summed E-state index contributed by atoms with van der Waals surface area (Å²) >= 11 is 0. The number of piperidine rings is 1. The molecule has 1 fully saturated rings. The lowest BCUT2D eigenvalue weighted by atomic mass is 9.89. The van der Waals surface area contributed by atoms with E-state index in [1.807, 2.05) is 0 Å². The van der Waals surface area contributed by atoms with Crippen molar-refractivity contribution < 1.29 is 22.8 Å². The molecule has 1 amide bonds. The second-order valence-corrected chi connectivity index (χ2v) is 6.64. The van der Waals surface area contributed by atoms with E-state index in [4.69, 9.17) is 0 Å². The summed E-state index contributed by atoms with van der Waals surface area (Å²) in [6, 6.07) is 6.05. The van der Waals surface area contributed by atoms with Gasteiger partial charge in [0.25, 0.3) is 0 Å². The van der Waals surface area contributed by atoms with Gasteiger partial charge in [0.15, 0.2) is 5.78 Å². The average molecular weight is 379 g/mol. The fourth-order valence-corrected chi connectivity index (χ4v) is 3.28. The largest absolute Gasteiger partial charge is 0.416 e. The van der Waals surface area contributed by atoms with Gasteiger partial charge in [0, 0.05) is 49.9 Å². The van der Waals surface area contributed by atoms with Crippen LogP contribution in [0.5, 0.6) is 0 Å². The van der Waals surface area contributed by atoms with Crippen LogP contribution in [0.1, 0.15) is 35.2 Å². The molecule has 0 spiro atoms. The quantitative estimate of drug-likeness (QED) is 0.748. The summed E-state index contributed by atoms with van der Waals surface area (Å²) < 4.78 is 39.6. The van der Waals surface area contributed by atoms with Gasteiger partial charge < -0.3 is 4.90 Å². The van der Waals surface area contributed by atoms with Crippen LogP contribution in [-0.4, -0.2) is 39.5 Å². The van der Waals surface area contributed by atoms with Crippen molar-refractivity contribution in [3.05, 3.63) is 53.9 Å². The van der Waals surface area contributed by atoms with E-state index in [2.05, 4.69) is 5.10 Å². The van der Waals surface area contributed by atoms with Gasteiger partial charge >= 0.3 is 6.18 Å². The zero-order valence-corrected chi connectivity index (χ0v) is 14.7. The molecule has 2 aromatic rings. The van der Waals surface area contributed by atoms with Crippen LogP contribution in [0.2, 0.25) is 0 Å². The van der Waals surface area contributed by atoms with Crippen LogP contribution >= 0.6 is 0 Å². The normalized spacial score (nSPS) is 17.7. The Hall–Kier alpha value is -2.64. The highest BCUT2D eigenvalue weighted by molar-refractivity contribution is 5.98. The van der Waals surface area contributed by atoms with Crippen LogP contribution < -0.4 is 0 Å². The zero-order valence-electron chi connectivity index (χ0n) is 14.7. The van der Waals surface area contributed by atoms with Gasteiger partial charge in [0.1, 0.15) is 0 Å². The number of alkyl halides is 3. The zero-order chi connectivity index (χ0) is 19.4. The standard InChI is InChI=1S/C19H20F3N3O2/c20-19(21,22)16-6-4-14(5-7-16)18(27)15-3-1-10-24(13-15)17(26)8-12-25-11-2-9-23-25/h2,4-7,9,11,15H,1,3,8,10,12-13H2/t15-/m0/s1. The number of benzene rings is 1. The molecule has 0 saturated carbocycles. The number of aryl methyl sites for hydroxylation is 1. The van der Waals surface area contributed by atoms with Gasteiger partial charge in [-0.2, -0.15) is 18.3 Å². The molecule has 5 nitrogen and oxygen atoms in total. The van der Waals surface area contributed by atoms with Crippen molar-refractivity contribution in [2.75, 3.05) is 13.1 Å². The van der Waals surface area contributed by atoms with Crippen molar-refractivity contribution in [3.63, 3.8) is 0 Å². The number of rotatable bonds is 5. The van der Waals surface area contributed by atoms with E-state index in [1.54, 1.807) is 28.0 Å². The first-order chi connectivity index (χ1) is 12.8. The Kier molecular flexibility index (Phi) is 5.62. The maximum atomic E-state index is 12.7. The number of carbonyl (C=O) groups is 2. The SMILES string of the molecule is O=C(c1ccc(C(F)(F)F)cc1)[C@H]1CCCN(C(=O)CCn2cccn2)C1. The topological polar surface area (TPSA) is 55.2 Å². The first-order valence-corrected chi connectivity index (χ1v) is 8.81. The molecule has 1 atom stereocenters. The number of hydrogen-bond donors (Lipinski definition) is 0. The lowest BCUT2D eigenvalue weighted by Gasteiger charge is -2.32. The second-order valence-electron chi connectivity index (χ2n) is 6.64. The summed E-state index contributed by atoms with van der Waals surface area (Å²) in [4.78, 5) is 26.7. The number of Topliss-reactive ketones (excluding diaryl/α,β-unsaturated/α-hetero) is 1. The molecule has 1 saturated heterocycles. The van der Waals surface area contributed by atoms with Gasteiger partial charge in [0.05, 0.1) is 5.56 Å². The smallest absolute Gasteiger partial charge is 0.342 e. The molecule has 1 aliphatic rings. The minimum absolute atomic E-state index is 0.0459. The minimum Gasteiger partial charge on any atom is -0.342 e. The molecule has 0 N–H and O–H groups in total. The second kappa shape index (κ2) is 7.94. The number of nitrogens with zero attached hydrogens (tertiary/aromatic N) is 3. The predicted molar refractivity (Wildman–Crippen MR) is 91.9 cm³/mol. The Morgan fingerprint density at radius 1 is 1.19 bits per heavy atom. The highest BCUT2D eigenvalue weighted by atomic mass is 19.4. The van der Waals surface area contributed by atoms with Crippen molar-refractivity contribution >= 4 is 11.7 Å². The summed E-state index contributed by atoms with van der Waals surface area (Å²) in [6.45, 7) is 1.37. The molecular weight excluding hydrogens is 359 g/mol. The van der Waals surface area contributed by atoms with E-state index in [-0.39, 0.29) is 23.2 Å². The average Bonchev–Trinajstić information content (AvgIpc) is 3.18. The fourth-order valence-electron chi connectivity index (χ4n) is 3.28. The molecule has 3 rings (SSSR count). The molecule has 8 heteroatoms. The van der Waals surface area contributed by atoms with Crippen molar-refractivity contribution in [2.45, 2.75) is 32.0 Å². The van der Waals surface area contributed by atoms with Crippen molar-refractivity contribution in [2.24, 2.45) is 5.92 Å². The van der Waals surface area contributed by atoms with Gasteiger partial charge in [-0.05, 0) is 31.0 Å². The summed E-state index contributed by atoms with van der Waals surface area (Å²) in [6.07, 6.45) is 0.616. The summed E-state index contributed by atoms with van der Waals surface area (Å²) in [5.41, 5.74) is -0.531. The third-order valence-electron chi connectivity index (χ3n) is 4.76. The Morgan fingerprint density at radius 2 is 1.93 bits per heavy atom. The lowest BCUT2D eigenvalue weighted by molar-refractivity contribution is -0.137. The highest BCUT2D eigenvalue weighted by Crippen LogP contribution is 2.30. The molecule has 1 aromatic heterocycles. The van der Waals surface area contributed by atoms with Crippen LogP contribution in [-0.2, 0) is 17.5 Å². The summed E-state index contributed by atoms with van der Waals surface area (Å²) in [7, 11) is 0. The van der Waals surface area contributed by atoms with E-state index in [9.17, 15) is 22.8 Å². The van der Waals surface area contributed by atoms with E-state index in [1.165, 1.54) is 12.1 Å². The van der Waals surface area contributed by atoms with Crippen LogP contribution in [0.3, 0.4) is 0 Å². The van der Waals surface area contributed by atoms with Crippen LogP contribution in [0.15, 0.2) is 42.7 Å². The molecule has 27 heavy (non-hydrogen) atoms. The van der Waals surface area contributed by atoms with Gasteiger partial charge in [-0.3, -0.25) is 14.3 Å². The number of ketones is 1. The van der Waals surface area contributed by atoms with Gasteiger partial charge in [-0.1, -0.05) is 12.1 Å². The number of aromatic nitrogens is 2. The molecular formula is C19H20F3N3O2. The third-order valence-corrected chi connectivity index (χ3v) is 4.76. The molecule has 144 valence electrons. The number of amides is 1. The Morgan fingerprint density at radius 3 is 2.56 bits per heavy atom. The minimum atomic E-state index is -4.43. The molecule has 1 aromatic carbocycles. The van der Waals surface area contributed by atoms with Gasteiger partial charge in [0.2, 0.25) is 5.91 Å². The Balaban J connectivity index is 1.59. The van der Waals surface area contributed by atoms with E-state index < -0.39 is 11.7 Å². The summed E-state index contributed by atoms with van der Waals surface area (Å²) in [5, 5.41) is 4.05. The first kappa shape index (κ1) is 19.1. The summed E-state index contributed by atoms with van der Waals surface area (Å²) in [5.74, 6) is -0.645. The van der Waals surface area contributed by atoms with Crippen molar-refractivity contribution in [1.29, 1.82) is 0 Å². The Labute approximate surface area is 154 Å². The van der Waals surface area contributed by atoms with Gasteiger partial charge in [-0.25, -0.2) is 0 Å². The predicted octanol–water partition coefficient (Wildman–Crippen LogP) is 3.41. The number of hydrogen-bond acceptors (Lipinski definition) is 3. The molecule has 2 heterocycles. The number of halogens is 3. The van der Waals surface area contributed by atoms with E-state index in [0.29, 0.717) is 38.9 Å². The Bertz CT molecular complexity index is 786. The van der Waals surface area contributed by atoms with E-state index >= 15 is 0 Å². The van der Waals surface area contributed by atoms with Crippen molar-refractivity contribution in [1.82, 2.24) is 14.7 Å². The number of carbonyl (C=O) groups excluding carboxylic acids is 2. The van der Waals surface area contributed by atoms with Crippen LogP contribution in [0.4, 0.5) is 13.2 Å². The highest BCUT2D eigenvalue weighted by Gasteiger charge is 2.32. The third kappa shape index (κ3) is 4.75. The maximum Gasteiger partial charge on any atom is 0.416 e. The monoisotopic (exact) mass is 379 g/mol. The molecule has 0 aliphatic carbocycles. The van der Waals surface area contributed by atoms with Crippen LogP contribution in [0, 0.1) is 5.92 Å². The fraction of sp³-hybridized carbons (Fsp3) is 0.421. The van der Waals surface area contributed by atoms with Crippen molar-refractivity contribution in [3.8, 4) is 0 Å². The lowest BCUT2D eigenvalue weighted by Crippen LogP contribution is -2.42. The molecule has 1 aliphatic heterocycles.